The van der Waals surface area contributed by atoms with E-state index in [9.17, 15) is 10.1 Å². The van der Waals surface area contributed by atoms with Crippen LogP contribution >= 0.6 is 27.5 Å². The molecule has 0 aliphatic rings. The summed E-state index contributed by atoms with van der Waals surface area (Å²) in [7, 11) is 0. The summed E-state index contributed by atoms with van der Waals surface area (Å²) in [5.74, 6) is 0.694. The van der Waals surface area contributed by atoms with Crippen LogP contribution in [-0.2, 0) is 18.0 Å². The summed E-state index contributed by atoms with van der Waals surface area (Å²) in [4.78, 5) is 12.9. The molecule has 0 saturated carbocycles. The molecule has 5 nitrogen and oxygen atoms in total. The van der Waals surface area contributed by atoms with Crippen LogP contribution in [0.2, 0.25) is 5.02 Å². The zero-order valence-corrected chi connectivity index (χ0v) is 22.0. The Labute approximate surface area is 229 Å². The number of carbonyl (C=O) groups excluding carboxylic acids is 1. The fourth-order valence-electron chi connectivity index (χ4n) is 3.38. The van der Waals surface area contributed by atoms with Gasteiger partial charge in [-0.1, -0.05) is 70.0 Å². The summed E-state index contributed by atoms with van der Waals surface area (Å²) >= 11 is 9.36. The Balaban J connectivity index is 1.41. The number of hydrogen-bond donors (Lipinski definition) is 1. The van der Waals surface area contributed by atoms with Gasteiger partial charge in [-0.25, -0.2) is 0 Å². The molecule has 4 aromatic rings. The van der Waals surface area contributed by atoms with E-state index in [2.05, 4.69) is 21.2 Å². The molecular formula is C30H22BrClN2O3. The highest BCUT2D eigenvalue weighted by Crippen LogP contribution is 2.27. The van der Waals surface area contributed by atoms with Crippen molar-refractivity contribution < 1.29 is 14.3 Å². The van der Waals surface area contributed by atoms with E-state index in [-0.39, 0.29) is 5.57 Å². The van der Waals surface area contributed by atoms with Crippen molar-refractivity contribution in [1.29, 1.82) is 5.26 Å². The van der Waals surface area contributed by atoms with Crippen LogP contribution in [0, 0.1) is 11.3 Å². The molecule has 0 fully saturated rings. The van der Waals surface area contributed by atoms with Crippen molar-refractivity contribution in [2.45, 2.75) is 13.2 Å². The Kier molecular flexibility index (Phi) is 8.98. The molecule has 0 aliphatic carbocycles. The number of nitrogens with one attached hydrogen (secondary N) is 1. The fraction of sp³-hybridized carbons (Fsp3) is 0.0667. The summed E-state index contributed by atoms with van der Waals surface area (Å²) in [5, 5.41) is 13.1. The largest absolute Gasteiger partial charge is 0.489 e. The maximum Gasteiger partial charge on any atom is 0.266 e. The molecule has 0 bridgehead atoms. The minimum atomic E-state index is -0.522. The van der Waals surface area contributed by atoms with Crippen molar-refractivity contribution in [3.63, 3.8) is 0 Å². The lowest BCUT2D eigenvalue weighted by Gasteiger charge is -2.11. The Bertz CT molecular complexity index is 1430. The molecule has 1 amide bonds. The van der Waals surface area contributed by atoms with Crippen LogP contribution in [0.15, 0.2) is 107 Å². The number of rotatable bonds is 9. The third kappa shape index (κ3) is 7.71. The van der Waals surface area contributed by atoms with Gasteiger partial charge in [0.15, 0.2) is 0 Å². The molecule has 0 saturated heterocycles. The van der Waals surface area contributed by atoms with Gasteiger partial charge in [0.05, 0.1) is 0 Å². The first-order valence-electron chi connectivity index (χ1n) is 11.4. The number of nitriles is 1. The molecule has 37 heavy (non-hydrogen) atoms. The van der Waals surface area contributed by atoms with E-state index in [0.717, 1.165) is 15.6 Å². The van der Waals surface area contributed by atoms with Gasteiger partial charge in [0.25, 0.3) is 5.91 Å². The highest BCUT2D eigenvalue weighted by Gasteiger charge is 2.12. The lowest BCUT2D eigenvalue weighted by molar-refractivity contribution is -0.112. The molecule has 7 heteroatoms. The van der Waals surface area contributed by atoms with E-state index < -0.39 is 5.91 Å². The molecule has 4 aromatic carbocycles. The van der Waals surface area contributed by atoms with Gasteiger partial charge in [0.2, 0.25) is 0 Å². The molecular weight excluding hydrogens is 552 g/mol. The summed E-state index contributed by atoms with van der Waals surface area (Å²) in [5.41, 5.74) is 3.11. The molecule has 184 valence electrons. The molecule has 0 unspecified atom stereocenters. The lowest BCUT2D eigenvalue weighted by atomic mass is 10.1. The maximum atomic E-state index is 12.9. The molecule has 0 radical (unpaired) electrons. The van der Waals surface area contributed by atoms with Gasteiger partial charge in [-0.2, -0.15) is 5.26 Å². The fourth-order valence-corrected chi connectivity index (χ4v) is 3.89. The number of carbonyl (C=O) groups is 1. The van der Waals surface area contributed by atoms with Crippen molar-refractivity contribution in [2.24, 2.45) is 0 Å². The normalized spacial score (nSPS) is 10.9. The minimum absolute atomic E-state index is 0.0503. The molecule has 4 rings (SSSR count). The van der Waals surface area contributed by atoms with Crippen LogP contribution in [-0.4, -0.2) is 5.91 Å². The number of nitrogens with zero attached hydrogens (tertiary/aromatic N) is 1. The highest BCUT2D eigenvalue weighted by atomic mass is 79.9. The second-order valence-corrected chi connectivity index (χ2v) is 9.37. The summed E-state index contributed by atoms with van der Waals surface area (Å²) in [6.45, 7) is 0.759. The smallest absolute Gasteiger partial charge is 0.266 e. The zero-order valence-electron chi connectivity index (χ0n) is 19.7. The summed E-state index contributed by atoms with van der Waals surface area (Å²) in [6.07, 6.45) is 1.52. The average molecular weight is 574 g/mol. The second kappa shape index (κ2) is 12.8. The third-order valence-corrected chi connectivity index (χ3v) is 6.05. The van der Waals surface area contributed by atoms with Crippen molar-refractivity contribution in [3.05, 3.63) is 129 Å². The van der Waals surface area contributed by atoms with Crippen molar-refractivity contribution in [3.8, 4) is 17.6 Å². The molecule has 0 aliphatic heterocycles. The number of hydrogen-bond acceptors (Lipinski definition) is 4. The first-order valence-corrected chi connectivity index (χ1v) is 12.5. The standard InChI is InChI=1S/C30H22BrClN2O3/c31-25-8-15-29(37-20-21-4-2-1-3-5-21)23(17-25)16-24(18-33)30(35)34-27-11-13-28(14-12-27)36-19-22-6-9-26(32)10-7-22/h1-17H,19-20H2,(H,34,35)/b24-16+. The topological polar surface area (TPSA) is 71.3 Å². The average Bonchev–Trinajstić information content (AvgIpc) is 2.92. The van der Waals surface area contributed by atoms with E-state index in [4.69, 9.17) is 21.1 Å². The third-order valence-electron chi connectivity index (χ3n) is 5.30. The van der Waals surface area contributed by atoms with Crippen LogP contribution in [0.1, 0.15) is 16.7 Å². The van der Waals surface area contributed by atoms with E-state index in [0.29, 0.717) is 41.0 Å². The number of benzene rings is 4. The van der Waals surface area contributed by atoms with Crippen LogP contribution in [0.4, 0.5) is 5.69 Å². The predicted molar refractivity (Wildman–Crippen MR) is 149 cm³/mol. The first-order chi connectivity index (χ1) is 18.0. The van der Waals surface area contributed by atoms with Gasteiger partial charge in [-0.3, -0.25) is 4.79 Å². The Hall–Kier alpha value is -4.05. The van der Waals surface area contributed by atoms with Gasteiger partial charge in [-0.15, -0.1) is 0 Å². The van der Waals surface area contributed by atoms with E-state index in [1.54, 1.807) is 36.4 Å². The number of amides is 1. The van der Waals surface area contributed by atoms with Gasteiger partial charge in [0.1, 0.15) is 36.4 Å². The van der Waals surface area contributed by atoms with E-state index in [1.807, 2.05) is 66.7 Å². The van der Waals surface area contributed by atoms with Crippen molar-refractivity contribution in [1.82, 2.24) is 0 Å². The van der Waals surface area contributed by atoms with Crippen molar-refractivity contribution in [2.75, 3.05) is 5.32 Å². The van der Waals surface area contributed by atoms with Gasteiger partial charge in [0, 0.05) is 20.7 Å². The highest BCUT2D eigenvalue weighted by molar-refractivity contribution is 9.10. The maximum absolute atomic E-state index is 12.9. The molecule has 0 spiro atoms. The van der Waals surface area contributed by atoms with Gasteiger partial charge in [-0.05, 0) is 71.8 Å². The van der Waals surface area contributed by atoms with Crippen LogP contribution in [0.5, 0.6) is 11.5 Å². The SMILES string of the molecule is N#C/C(=C\c1cc(Br)ccc1OCc1ccccc1)C(=O)Nc1ccc(OCc2ccc(Cl)cc2)cc1. The van der Waals surface area contributed by atoms with Gasteiger partial charge < -0.3 is 14.8 Å². The van der Waals surface area contributed by atoms with Crippen molar-refractivity contribution >= 4 is 45.2 Å². The molecule has 0 aromatic heterocycles. The van der Waals surface area contributed by atoms with E-state index >= 15 is 0 Å². The molecule has 1 N–H and O–H groups in total. The summed E-state index contributed by atoms with van der Waals surface area (Å²) < 4.78 is 12.6. The number of anilines is 1. The minimum Gasteiger partial charge on any atom is -0.489 e. The number of ether oxygens (including phenoxy) is 2. The molecule has 0 heterocycles. The monoisotopic (exact) mass is 572 g/mol. The number of halogens is 2. The molecule has 0 atom stereocenters. The quantitative estimate of drug-likeness (QED) is 0.164. The van der Waals surface area contributed by atoms with Crippen LogP contribution in [0.25, 0.3) is 6.08 Å². The zero-order chi connectivity index (χ0) is 26.0. The Morgan fingerprint density at radius 1 is 0.892 bits per heavy atom. The van der Waals surface area contributed by atoms with Crippen LogP contribution in [0.3, 0.4) is 0 Å². The predicted octanol–water partition coefficient (Wildman–Crippen LogP) is 7.81. The van der Waals surface area contributed by atoms with Crippen LogP contribution < -0.4 is 14.8 Å². The van der Waals surface area contributed by atoms with Gasteiger partial charge >= 0.3 is 0 Å². The first kappa shape index (κ1) is 26.0. The van der Waals surface area contributed by atoms with E-state index in [1.165, 1.54) is 6.08 Å². The second-order valence-electron chi connectivity index (χ2n) is 8.02. The summed E-state index contributed by atoms with van der Waals surface area (Å²) in [6, 6.07) is 31.6. The lowest BCUT2D eigenvalue weighted by Crippen LogP contribution is -2.13. The Morgan fingerprint density at radius 2 is 1.57 bits per heavy atom. The Morgan fingerprint density at radius 3 is 2.27 bits per heavy atom.